The molecule has 0 heterocycles. The maximum atomic E-state index is 12.0. The van der Waals surface area contributed by atoms with Crippen LogP contribution in [0.4, 0.5) is 9.59 Å². The Kier molecular flexibility index (Phi) is 13.6. The van der Waals surface area contributed by atoms with E-state index in [9.17, 15) is 9.59 Å². The average Bonchev–Trinajstić information content (AvgIpc) is 2.64. The van der Waals surface area contributed by atoms with Crippen LogP contribution in [0.25, 0.3) is 0 Å². The minimum Gasteiger partial charge on any atom is -0.450 e. The first-order chi connectivity index (χ1) is 12.8. The Bertz CT molecular complexity index is 431. The SMILES string of the molecule is CCOC(=O)NCCCCCCNC(=O)NC[Si](C)(C)[Si](OC)(OC)O[SiH3]. The largest absolute Gasteiger partial charge is 0.460 e. The van der Waals surface area contributed by atoms with Gasteiger partial charge >= 0.3 is 20.4 Å². The third-order valence-corrected chi connectivity index (χ3v) is 18.8. The predicted octanol–water partition coefficient (Wildman–Crippen LogP) is 0.447. The van der Waals surface area contributed by atoms with Crippen molar-refractivity contribution in [1.29, 1.82) is 0 Å². The van der Waals surface area contributed by atoms with Gasteiger partial charge in [0.05, 0.1) is 6.61 Å². The molecule has 0 radical (unpaired) electrons. The molecule has 0 spiro atoms. The Balaban J connectivity index is 3.88. The fourth-order valence-electron chi connectivity index (χ4n) is 2.73. The quantitative estimate of drug-likeness (QED) is 0.268. The van der Waals surface area contributed by atoms with Gasteiger partial charge < -0.3 is 33.7 Å². The number of carbonyl (C=O) groups is 2. The summed E-state index contributed by atoms with van der Waals surface area (Å²) in [6.45, 7) is 7.60. The van der Waals surface area contributed by atoms with Crippen molar-refractivity contribution in [2.45, 2.75) is 45.7 Å². The molecule has 3 N–H and O–H groups in total. The second-order valence-corrected chi connectivity index (χ2v) is 20.3. The molecule has 0 aromatic heterocycles. The Morgan fingerprint density at radius 3 is 1.96 bits per heavy atom. The van der Waals surface area contributed by atoms with Crippen LogP contribution in [0.15, 0.2) is 0 Å². The van der Waals surface area contributed by atoms with E-state index in [1.54, 1.807) is 21.1 Å². The highest BCUT2D eigenvalue weighted by Crippen LogP contribution is 2.20. The van der Waals surface area contributed by atoms with Gasteiger partial charge in [-0.2, -0.15) is 0 Å². The van der Waals surface area contributed by atoms with Gasteiger partial charge in [-0.1, -0.05) is 25.9 Å². The van der Waals surface area contributed by atoms with Crippen LogP contribution in [0.1, 0.15) is 32.6 Å². The summed E-state index contributed by atoms with van der Waals surface area (Å²) in [5, 5.41) is 8.49. The molecule has 0 aromatic rings. The number of amides is 3. The highest BCUT2D eigenvalue weighted by molar-refractivity contribution is 7.34. The van der Waals surface area contributed by atoms with Gasteiger partial charge in [0, 0.05) is 33.5 Å². The van der Waals surface area contributed by atoms with Crippen molar-refractivity contribution in [3.05, 3.63) is 0 Å². The third kappa shape index (κ3) is 9.71. The third-order valence-electron chi connectivity index (χ3n) is 4.26. The first kappa shape index (κ1) is 26.1. The Labute approximate surface area is 167 Å². The van der Waals surface area contributed by atoms with Gasteiger partial charge in [-0.05, 0) is 19.8 Å². The van der Waals surface area contributed by atoms with Crippen LogP contribution in [0.2, 0.25) is 13.1 Å². The van der Waals surface area contributed by atoms with Gasteiger partial charge in [0.1, 0.15) is 10.5 Å². The van der Waals surface area contributed by atoms with E-state index in [0.717, 1.165) is 25.7 Å². The van der Waals surface area contributed by atoms with Crippen LogP contribution in [0.3, 0.4) is 0 Å². The van der Waals surface area contributed by atoms with E-state index in [2.05, 4.69) is 29.0 Å². The Morgan fingerprint density at radius 2 is 1.48 bits per heavy atom. The second kappa shape index (κ2) is 14.1. The highest BCUT2D eigenvalue weighted by atomic mass is 29.3. The van der Waals surface area contributed by atoms with Gasteiger partial charge in [0.2, 0.25) is 0 Å². The van der Waals surface area contributed by atoms with Gasteiger partial charge in [-0.3, -0.25) is 0 Å². The number of alkyl carbamates (subject to hydrolysis) is 1. The Morgan fingerprint density at radius 1 is 0.926 bits per heavy atom. The molecule has 0 atom stereocenters. The summed E-state index contributed by atoms with van der Waals surface area (Å²) in [7, 11) is -0.932. The van der Waals surface area contributed by atoms with Crippen LogP contribution >= 0.6 is 0 Å². The minimum absolute atomic E-state index is 0.178. The van der Waals surface area contributed by atoms with Crippen molar-refractivity contribution in [3.8, 4) is 0 Å². The molecule has 0 unspecified atom stereocenters. The van der Waals surface area contributed by atoms with E-state index in [1.807, 2.05) is 0 Å². The van der Waals surface area contributed by atoms with Gasteiger partial charge in [-0.15, -0.1) is 0 Å². The van der Waals surface area contributed by atoms with Crippen molar-refractivity contribution < 1.29 is 27.3 Å². The highest BCUT2D eigenvalue weighted by Gasteiger charge is 2.54. The van der Waals surface area contributed by atoms with Crippen LogP contribution in [0.5, 0.6) is 0 Å². The van der Waals surface area contributed by atoms with Gasteiger partial charge in [0.15, 0.2) is 7.59 Å². The molecule has 9 nitrogen and oxygen atoms in total. The van der Waals surface area contributed by atoms with Crippen LogP contribution in [-0.4, -0.2) is 78.6 Å². The molecule has 0 aliphatic rings. The molecule has 0 bridgehead atoms. The molecule has 160 valence electrons. The molecule has 0 aliphatic carbocycles. The number of carbonyl (C=O) groups excluding carboxylic acids is 2. The zero-order chi connectivity index (χ0) is 20.8. The van der Waals surface area contributed by atoms with Crippen molar-refractivity contribution in [3.63, 3.8) is 0 Å². The average molecular weight is 440 g/mol. The molecule has 3 amide bonds. The maximum absolute atomic E-state index is 12.0. The van der Waals surface area contributed by atoms with E-state index in [-0.39, 0.29) is 12.1 Å². The molecule has 0 aliphatic heterocycles. The van der Waals surface area contributed by atoms with E-state index in [4.69, 9.17) is 17.7 Å². The number of unbranched alkanes of at least 4 members (excludes halogenated alkanes) is 3. The molecule has 0 saturated heterocycles. The second-order valence-electron chi connectivity index (χ2n) is 6.72. The lowest BCUT2D eigenvalue weighted by Gasteiger charge is -2.37. The minimum atomic E-state index is -2.66. The molecule has 0 rings (SSSR count). The fraction of sp³-hybridized carbons (Fsp3) is 0.867. The summed E-state index contributed by atoms with van der Waals surface area (Å²) in [4.78, 5) is 23.1. The van der Waals surface area contributed by atoms with Crippen LogP contribution in [-0.2, 0) is 17.7 Å². The van der Waals surface area contributed by atoms with Crippen LogP contribution in [0, 0.1) is 0 Å². The molecule has 0 aromatic carbocycles. The lowest BCUT2D eigenvalue weighted by molar-refractivity contribution is 0.152. The molecule has 0 fully saturated rings. The Hall–Kier alpha value is -0.929. The molecule has 27 heavy (non-hydrogen) atoms. The van der Waals surface area contributed by atoms with Gasteiger partial charge in [0.25, 0.3) is 0 Å². The van der Waals surface area contributed by atoms with E-state index >= 15 is 0 Å². The predicted molar refractivity (Wildman–Crippen MR) is 113 cm³/mol. The molecular formula is C15H37N3O6Si3. The lowest BCUT2D eigenvalue weighted by Crippen LogP contribution is -2.69. The monoisotopic (exact) mass is 439 g/mol. The number of urea groups is 1. The van der Waals surface area contributed by atoms with E-state index in [0.29, 0.717) is 36.4 Å². The summed E-state index contributed by atoms with van der Waals surface area (Å²) in [5.41, 5.74) is 0. The number of rotatable bonds is 14. The normalized spacial score (nSPS) is 11.9. The van der Waals surface area contributed by atoms with Crippen molar-refractivity contribution in [1.82, 2.24) is 16.0 Å². The van der Waals surface area contributed by atoms with Crippen LogP contribution < -0.4 is 16.0 Å². The topological polar surface area (TPSA) is 107 Å². The van der Waals surface area contributed by atoms with E-state index < -0.39 is 15.9 Å². The summed E-state index contributed by atoms with van der Waals surface area (Å²) < 4.78 is 21.7. The molecular weight excluding hydrogens is 402 g/mol. The number of hydrogen-bond acceptors (Lipinski definition) is 6. The molecule has 12 heteroatoms. The smallest absolute Gasteiger partial charge is 0.450 e. The van der Waals surface area contributed by atoms with Gasteiger partial charge in [-0.25, -0.2) is 9.59 Å². The van der Waals surface area contributed by atoms with Crippen molar-refractivity contribution in [2.24, 2.45) is 0 Å². The standard InChI is InChI=1S/C15H37N3O6Si3/c1-6-23-15(20)17-12-10-8-7-9-11-16-14(19)18-13-26(4,5)27(21-2,22-3)24-25/h6-13H2,1-5,25H3,(H,17,20)(H2,16,18,19). The first-order valence-corrected chi connectivity index (χ1v) is 16.1. The zero-order valence-corrected chi connectivity index (χ0v) is 21.6. The molecule has 0 saturated carbocycles. The summed E-state index contributed by atoms with van der Waals surface area (Å²) >= 11 is 0. The number of hydrogen-bond donors (Lipinski definition) is 3. The fourth-order valence-corrected chi connectivity index (χ4v) is 17.6. The maximum Gasteiger partial charge on any atom is 0.460 e. The lowest BCUT2D eigenvalue weighted by atomic mass is 10.2. The summed E-state index contributed by atoms with van der Waals surface area (Å²) in [6, 6.07) is -0.178. The van der Waals surface area contributed by atoms with E-state index in [1.165, 1.54) is 0 Å². The van der Waals surface area contributed by atoms with Crippen molar-refractivity contribution >= 4 is 38.5 Å². The number of nitrogens with one attached hydrogen (secondary N) is 3. The van der Waals surface area contributed by atoms with Crippen molar-refractivity contribution in [2.75, 3.05) is 40.1 Å². The summed E-state index contributed by atoms with van der Waals surface area (Å²) in [5.74, 6) is 0. The zero-order valence-electron chi connectivity index (χ0n) is 17.6. The first-order valence-electron chi connectivity index (χ1n) is 9.36. The summed E-state index contributed by atoms with van der Waals surface area (Å²) in [6.07, 6.45) is 3.94. The number of ether oxygens (including phenoxy) is 1.